The van der Waals surface area contributed by atoms with Crippen LogP contribution in [0.1, 0.15) is 47.2 Å². The molecule has 1 aromatic heterocycles. The van der Waals surface area contributed by atoms with E-state index in [1.54, 1.807) is 0 Å². The highest BCUT2D eigenvalue weighted by atomic mass is 32.2. The molecule has 0 saturated carbocycles. The average molecular weight is 797 g/mol. The largest absolute Gasteiger partial charge is 0.310 e. The first kappa shape index (κ1) is 34.8. The van der Waals surface area contributed by atoms with Crippen molar-refractivity contribution in [2.75, 3.05) is 4.90 Å². The first-order valence-electron chi connectivity index (χ1n) is 21.3. The van der Waals surface area contributed by atoms with Gasteiger partial charge in [-0.05, 0) is 116 Å². The second kappa shape index (κ2) is 12.7. The lowest BCUT2D eigenvalue weighted by atomic mass is 9.62. The Morgan fingerprint density at radius 2 is 1.00 bits per heavy atom. The third-order valence-electron chi connectivity index (χ3n) is 13.8. The molecule has 61 heavy (non-hydrogen) atoms. The van der Waals surface area contributed by atoms with Crippen LogP contribution in [0.15, 0.2) is 216 Å². The standard InChI is InChI=1S/C58H40N2S/c1-57(2)46-20-8-6-17-42(46)43-33-31-40(35-50(43)57)59(39-29-27-38(28-30-39)37-15-4-3-5-16-37)41-32-34-55-51(36-41)58(48-22-10-13-26-54(48)61-55)47-21-9-12-25-53(47)60-52-24-11-7-18-44(52)45-19-14-23-49(58)56(45)60/h3-36H,1-2H3. The average Bonchev–Trinajstić information content (AvgIpc) is 3.77. The molecule has 2 nitrogen and oxygen atoms in total. The van der Waals surface area contributed by atoms with Crippen LogP contribution in [0.3, 0.4) is 0 Å². The van der Waals surface area contributed by atoms with E-state index >= 15 is 0 Å². The van der Waals surface area contributed by atoms with Crippen molar-refractivity contribution in [3.05, 3.63) is 240 Å². The molecule has 0 N–H and O–H groups in total. The van der Waals surface area contributed by atoms with E-state index in [4.69, 9.17) is 0 Å². The molecule has 0 amide bonds. The van der Waals surface area contributed by atoms with E-state index in [9.17, 15) is 0 Å². The van der Waals surface area contributed by atoms with Crippen molar-refractivity contribution < 1.29 is 0 Å². The summed E-state index contributed by atoms with van der Waals surface area (Å²) in [4.78, 5) is 5.07. The van der Waals surface area contributed by atoms with Crippen LogP contribution < -0.4 is 4.90 Å². The van der Waals surface area contributed by atoms with Gasteiger partial charge in [0.2, 0.25) is 0 Å². The van der Waals surface area contributed by atoms with Gasteiger partial charge >= 0.3 is 0 Å². The summed E-state index contributed by atoms with van der Waals surface area (Å²) in [6, 6.07) is 77.3. The van der Waals surface area contributed by atoms with Crippen LogP contribution in [-0.2, 0) is 10.8 Å². The summed E-state index contributed by atoms with van der Waals surface area (Å²) in [6.07, 6.45) is 0. The molecule has 0 radical (unpaired) electrons. The van der Waals surface area contributed by atoms with Crippen molar-refractivity contribution in [2.24, 2.45) is 0 Å². The summed E-state index contributed by atoms with van der Waals surface area (Å²) in [5.74, 6) is 0. The quantitative estimate of drug-likeness (QED) is 0.175. The highest BCUT2D eigenvalue weighted by Crippen LogP contribution is 2.61. The lowest BCUT2D eigenvalue weighted by Crippen LogP contribution is -2.37. The molecule has 0 saturated heterocycles. The topological polar surface area (TPSA) is 8.17 Å². The van der Waals surface area contributed by atoms with Gasteiger partial charge in [-0.2, -0.15) is 0 Å². The van der Waals surface area contributed by atoms with E-state index in [1.807, 2.05) is 11.8 Å². The fraction of sp³-hybridized carbons (Fsp3) is 0.0690. The van der Waals surface area contributed by atoms with Gasteiger partial charge in [-0.3, -0.25) is 0 Å². The minimum Gasteiger partial charge on any atom is -0.310 e. The van der Waals surface area contributed by atoms with Crippen molar-refractivity contribution >= 4 is 50.6 Å². The minimum atomic E-state index is -0.571. The fourth-order valence-electron chi connectivity index (χ4n) is 11.2. The molecule has 1 spiro atoms. The maximum atomic E-state index is 2.53. The zero-order chi connectivity index (χ0) is 40.5. The number of benzene rings is 9. The monoisotopic (exact) mass is 796 g/mol. The molecule has 288 valence electrons. The lowest BCUT2D eigenvalue weighted by Gasteiger charge is -2.45. The lowest BCUT2D eigenvalue weighted by molar-refractivity contribution is 0.660. The summed E-state index contributed by atoms with van der Waals surface area (Å²) < 4.78 is 2.53. The molecule has 1 aliphatic carbocycles. The van der Waals surface area contributed by atoms with Gasteiger partial charge in [0.15, 0.2) is 0 Å². The van der Waals surface area contributed by atoms with E-state index < -0.39 is 5.41 Å². The Morgan fingerprint density at radius 1 is 0.410 bits per heavy atom. The summed E-state index contributed by atoms with van der Waals surface area (Å²) in [5.41, 5.74) is 19.6. The summed E-state index contributed by atoms with van der Waals surface area (Å²) in [6.45, 7) is 4.75. The van der Waals surface area contributed by atoms with Crippen LogP contribution >= 0.6 is 11.8 Å². The molecule has 0 fully saturated rings. The van der Waals surface area contributed by atoms with Gasteiger partial charge in [0.25, 0.3) is 0 Å². The maximum Gasteiger partial charge on any atom is 0.0765 e. The zero-order valence-electron chi connectivity index (χ0n) is 33.9. The third kappa shape index (κ3) is 4.70. The highest BCUT2D eigenvalue weighted by Gasteiger charge is 2.49. The molecule has 9 aromatic carbocycles. The van der Waals surface area contributed by atoms with Crippen LogP contribution in [0.2, 0.25) is 0 Å². The van der Waals surface area contributed by atoms with Crippen LogP contribution in [-0.4, -0.2) is 4.57 Å². The minimum absolute atomic E-state index is 0.131. The highest BCUT2D eigenvalue weighted by molar-refractivity contribution is 7.99. The molecule has 1 unspecified atom stereocenters. The molecular weight excluding hydrogens is 757 g/mol. The number of fused-ring (bicyclic) bond motifs is 14. The third-order valence-corrected chi connectivity index (χ3v) is 15.0. The van der Waals surface area contributed by atoms with E-state index in [1.165, 1.54) is 92.9 Å². The van der Waals surface area contributed by atoms with Crippen molar-refractivity contribution in [2.45, 2.75) is 34.5 Å². The van der Waals surface area contributed by atoms with Crippen LogP contribution in [0, 0.1) is 0 Å². The summed E-state index contributed by atoms with van der Waals surface area (Å²) in [5, 5.41) is 2.57. The number of nitrogens with zero attached hydrogens (tertiary/aromatic N) is 2. The molecule has 3 aliphatic rings. The number of aromatic nitrogens is 1. The van der Waals surface area contributed by atoms with Crippen molar-refractivity contribution in [3.8, 4) is 27.9 Å². The number of rotatable bonds is 4. The van der Waals surface area contributed by atoms with E-state index in [2.05, 4.69) is 230 Å². The SMILES string of the molecule is CC1(C)c2ccccc2-c2ccc(N(c3ccc(-c4ccccc4)cc3)c3ccc4c(c3)C3(c5ccccc5S4)c4ccccc4-n4c5ccccc5c5cccc3c54)cc21. The van der Waals surface area contributed by atoms with E-state index in [-0.39, 0.29) is 5.41 Å². The van der Waals surface area contributed by atoms with Crippen LogP contribution in [0.4, 0.5) is 17.1 Å². The van der Waals surface area contributed by atoms with Crippen molar-refractivity contribution in [1.29, 1.82) is 0 Å². The molecule has 3 heteroatoms. The van der Waals surface area contributed by atoms with Crippen molar-refractivity contribution in [3.63, 3.8) is 0 Å². The number of anilines is 3. The molecule has 2 aliphatic heterocycles. The predicted octanol–water partition coefficient (Wildman–Crippen LogP) is 15.4. The molecule has 13 rings (SSSR count). The Balaban J connectivity index is 1.09. The normalized spacial score (nSPS) is 16.2. The number of hydrogen-bond donors (Lipinski definition) is 0. The zero-order valence-corrected chi connectivity index (χ0v) is 34.7. The summed E-state index contributed by atoms with van der Waals surface area (Å²) in [7, 11) is 0. The second-order valence-electron chi connectivity index (χ2n) is 17.2. The van der Waals surface area contributed by atoms with Crippen LogP contribution in [0.5, 0.6) is 0 Å². The van der Waals surface area contributed by atoms with Crippen molar-refractivity contribution in [1.82, 2.24) is 4.57 Å². The number of hydrogen-bond acceptors (Lipinski definition) is 2. The Morgan fingerprint density at radius 3 is 1.85 bits per heavy atom. The molecular formula is C58H40N2S. The van der Waals surface area contributed by atoms with E-state index in [0.29, 0.717) is 0 Å². The first-order valence-corrected chi connectivity index (χ1v) is 22.1. The van der Waals surface area contributed by atoms with Gasteiger partial charge in [0, 0.05) is 43.0 Å². The molecule has 1 atom stereocenters. The summed E-state index contributed by atoms with van der Waals surface area (Å²) >= 11 is 1.90. The molecule has 0 bridgehead atoms. The van der Waals surface area contributed by atoms with Gasteiger partial charge in [-0.25, -0.2) is 0 Å². The molecule has 10 aromatic rings. The van der Waals surface area contributed by atoms with Gasteiger partial charge in [-0.15, -0.1) is 0 Å². The van der Waals surface area contributed by atoms with Gasteiger partial charge in [0.05, 0.1) is 22.1 Å². The fourth-order valence-corrected chi connectivity index (χ4v) is 12.3. The van der Waals surface area contributed by atoms with Gasteiger partial charge in [-0.1, -0.05) is 171 Å². The van der Waals surface area contributed by atoms with Crippen LogP contribution in [0.25, 0.3) is 49.7 Å². The Labute approximate surface area is 360 Å². The Hall–Kier alpha value is -7.07. The maximum absolute atomic E-state index is 2.53. The predicted molar refractivity (Wildman–Crippen MR) is 254 cm³/mol. The van der Waals surface area contributed by atoms with E-state index in [0.717, 1.165) is 17.1 Å². The molecule has 3 heterocycles. The Bertz CT molecular complexity index is 3430. The second-order valence-corrected chi connectivity index (χ2v) is 18.3. The Kier molecular flexibility index (Phi) is 7.25. The number of para-hydroxylation sites is 3. The van der Waals surface area contributed by atoms with Gasteiger partial charge < -0.3 is 9.47 Å². The smallest absolute Gasteiger partial charge is 0.0765 e. The first-order chi connectivity index (χ1) is 30.0. The van der Waals surface area contributed by atoms with Gasteiger partial charge in [0.1, 0.15) is 0 Å².